The van der Waals surface area contributed by atoms with Crippen molar-refractivity contribution in [3.8, 4) is 0 Å². The number of aryl methyl sites for hydroxylation is 2. The van der Waals surface area contributed by atoms with Crippen LogP contribution in [0.4, 0.5) is 0 Å². The molecule has 0 unspecified atom stereocenters. The number of amides is 3. The van der Waals surface area contributed by atoms with Crippen LogP contribution in [0.3, 0.4) is 0 Å². The molecule has 3 amide bonds. The Morgan fingerprint density at radius 3 is 2.50 bits per heavy atom. The minimum Gasteiger partial charge on any atom is -0.347 e. The molecule has 1 heterocycles. The summed E-state index contributed by atoms with van der Waals surface area (Å²) in [4.78, 5) is 42.6. The van der Waals surface area contributed by atoms with E-state index in [0.717, 1.165) is 41.5 Å². The first-order valence-electron chi connectivity index (χ1n) is 13.7. The van der Waals surface area contributed by atoms with Gasteiger partial charge < -0.3 is 20.9 Å². The first-order chi connectivity index (χ1) is 18.0. The fourth-order valence-electron chi connectivity index (χ4n) is 5.56. The maximum Gasteiger partial charge on any atom is 0.246 e. The Kier molecular flexibility index (Phi) is 8.26. The van der Waals surface area contributed by atoms with Gasteiger partial charge >= 0.3 is 0 Å². The second kappa shape index (κ2) is 11.3. The third kappa shape index (κ3) is 5.93. The van der Waals surface area contributed by atoms with Crippen LogP contribution >= 0.6 is 0 Å². The SMILES string of the molecule is CN[C@@H](C)C(=O)N[C@H](C(=O)N1Cc2cc(C)ccc2C[C@H]1C(=O)N[C@@H]1CCCc2ccccc21)C(C)(C)C.[HH].[HH]. The van der Waals surface area contributed by atoms with Crippen molar-refractivity contribution in [1.82, 2.24) is 20.9 Å². The van der Waals surface area contributed by atoms with Crippen molar-refractivity contribution in [2.45, 2.75) is 91.0 Å². The Hall–Kier alpha value is -3.19. The molecule has 0 saturated heterocycles. The van der Waals surface area contributed by atoms with E-state index in [-0.39, 0.29) is 26.6 Å². The van der Waals surface area contributed by atoms with Crippen LogP contribution < -0.4 is 16.0 Å². The van der Waals surface area contributed by atoms with Gasteiger partial charge in [-0.05, 0) is 67.8 Å². The van der Waals surface area contributed by atoms with Crippen LogP contribution in [0.2, 0.25) is 0 Å². The van der Waals surface area contributed by atoms with Crippen molar-refractivity contribution in [2.75, 3.05) is 7.05 Å². The van der Waals surface area contributed by atoms with E-state index in [0.29, 0.717) is 13.0 Å². The largest absolute Gasteiger partial charge is 0.347 e. The smallest absolute Gasteiger partial charge is 0.246 e. The zero-order valence-corrected chi connectivity index (χ0v) is 23.6. The molecule has 4 rings (SSSR count). The molecule has 0 saturated carbocycles. The monoisotopic (exact) mass is 522 g/mol. The van der Waals surface area contributed by atoms with E-state index in [2.05, 4.69) is 46.3 Å². The zero-order valence-electron chi connectivity index (χ0n) is 23.6. The fourth-order valence-corrected chi connectivity index (χ4v) is 5.56. The zero-order chi connectivity index (χ0) is 27.6. The molecule has 0 spiro atoms. The van der Waals surface area contributed by atoms with Crippen LogP contribution in [0.25, 0.3) is 0 Å². The lowest BCUT2D eigenvalue weighted by atomic mass is 9.83. The van der Waals surface area contributed by atoms with Gasteiger partial charge in [0.25, 0.3) is 0 Å². The fraction of sp³-hybridized carbons (Fsp3) is 0.516. The highest BCUT2D eigenvalue weighted by Gasteiger charge is 2.42. The highest BCUT2D eigenvalue weighted by atomic mass is 16.2. The van der Waals surface area contributed by atoms with Crippen molar-refractivity contribution >= 4 is 17.7 Å². The van der Waals surface area contributed by atoms with Gasteiger partial charge in [0.2, 0.25) is 17.7 Å². The molecule has 0 bridgehead atoms. The lowest BCUT2D eigenvalue weighted by Gasteiger charge is -2.42. The molecule has 2 aliphatic rings. The Bertz CT molecular complexity index is 1210. The summed E-state index contributed by atoms with van der Waals surface area (Å²) in [6.07, 6.45) is 3.35. The Morgan fingerprint density at radius 1 is 1.05 bits per heavy atom. The molecule has 0 radical (unpaired) electrons. The number of nitrogens with zero attached hydrogens (tertiary/aromatic N) is 1. The lowest BCUT2D eigenvalue weighted by Crippen LogP contribution is -2.62. The molecule has 208 valence electrons. The lowest BCUT2D eigenvalue weighted by molar-refractivity contribution is -0.147. The molecular formula is C31H46N4O3. The molecule has 1 aliphatic carbocycles. The molecule has 7 nitrogen and oxygen atoms in total. The van der Waals surface area contributed by atoms with Crippen molar-refractivity contribution in [3.63, 3.8) is 0 Å². The predicted molar refractivity (Wildman–Crippen MR) is 154 cm³/mol. The average molecular weight is 523 g/mol. The van der Waals surface area contributed by atoms with Crippen LogP contribution in [-0.4, -0.2) is 47.8 Å². The van der Waals surface area contributed by atoms with Crippen LogP contribution in [0.15, 0.2) is 42.5 Å². The van der Waals surface area contributed by atoms with Crippen LogP contribution in [0.5, 0.6) is 0 Å². The van der Waals surface area contributed by atoms with E-state index in [1.165, 1.54) is 5.56 Å². The van der Waals surface area contributed by atoms with Crippen LogP contribution in [0, 0.1) is 12.3 Å². The van der Waals surface area contributed by atoms with Crippen LogP contribution in [0.1, 0.15) is 77.2 Å². The van der Waals surface area contributed by atoms with E-state index >= 15 is 0 Å². The summed E-state index contributed by atoms with van der Waals surface area (Å²) in [5.41, 5.74) is 5.14. The van der Waals surface area contributed by atoms with E-state index < -0.39 is 23.5 Å². The molecule has 0 aromatic heterocycles. The summed E-state index contributed by atoms with van der Waals surface area (Å²) in [5, 5.41) is 9.20. The number of hydrogen-bond acceptors (Lipinski definition) is 4. The molecular weight excluding hydrogens is 476 g/mol. The predicted octanol–water partition coefficient (Wildman–Crippen LogP) is 4.07. The third-order valence-electron chi connectivity index (χ3n) is 7.99. The number of hydrogen-bond donors (Lipinski definition) is 3. The Balaban J connectivity index is 0.00000280. The number of rotatable bonds is 6. The van der Waals surface area contributed by atoms with Gasteiger partial charge in [0.1, 0.15) is 12.1 Å². The third-order valence-corrected chi connectivity index (χ3v) is 7.99. The number of nitrogens with one attached hydrogen (secondary N) is 3. The molecule has 2 aromatic carbocycles. The van der Waals surface area contributed by atoms with Gasteiger partial charge in [0.15, 0.2) is 0 Å². The Morgan fingerprint density at radius 2 is 1.79 bits per heavy atom. The van der Waals surface area contributed by atoms with Gasteiger partial charge in [0.05, 0.1) is 12.1 Å². The molecule has 7 heteroatoms. The maximum absolute atomic E-state index is 14.2. The maximum atomic E-state index is 14.2. The normalized spacial score (nSPS) is 20.5. The van der Waals surface area contributed by atoms with E-state index in [1.54, 1.807) is 18.9 Å². The molecule has 0 fully saturated rings. The van der Waals surface area contributed by atoms with Crippen molar-refractivity contribution in [3.05, 3.63) is 70.3 Å². The van der Waals surface area contributed by atoms with Gasteiger partial charge in [-0.1, -0.05) is 68.8 Å². The van der Waals surface area contributed by atoms with Gasteiger partial charge in [-0.2, -0.15) is 0 Å². The molecule has 3 N–H and O–H groups in total. The second-order valence-electron chi connectivity index (χ2n) is 11.9. The molecule has 1 aliphatic heterocycles. The van der Waals surface area contributed by atoms with Gasteiger partial charge in [-0.3, -0.25) is 14.4 Å². The van der Waals surface area contributed by atoms with Crippen molar-refractivity contribution < 1.29 is 17.2 Å². The van der Waals surface area contributed by atoms with E-state index in [9.17, 15) is 14.4 Å². The van der Waals surface area contributed by atoms with E-state index in [1.807, 2.05) is 39.8 Å². The minimum absolute atomic E-state index is 0. The topological polar surface area (TPSA) is 90.5 Å². The summed E-state index contributed by atoms with van der Waals surface area (Å²) in [7, 11) is 1.71. The van der Waals surface area contributed by atoms with Gasteiger partial charge in [0, 0.05) is 15.8 Å². The first-order valence-corrected chi connectivity index (χ1v) is 13.7. The van der Waals surface area contributed by atoms with Gasteiger partial charge in [-0.25, -0.2) is 0 Å². The highest BCUT2D eigenvalue weighted by molar-refractivity contribution is 5.94. The first kappa shape index (κ1) is 27.8. The van der Waals surface area contributed by atoms with Crippen molar-refractivity contribution in [1.29, 1.82) is 0 Å². The number of fused-ring (bicyclic) bond motifs is 2. The molecule has 4 atom stereocenters. The summed E-state index contributed by atoms with van der Waals surface area (Å²) >= 11 is 0. The molecule has 2 aromatic rings. The standard InChI is InChI=1S/C31H42N4O3.2H2/c1-19-14-15-22-17-26(29(37)33-25-13-9-11-21-10-7-8-12-24(21)25)35(18-23(22)16-19)30(38)27(31(3,4)5)34-28(36)20(2)32-6;;/h7-8,10,12,14-16,20,25-27,32H,9,11,13,17-18H2,1-6H3,(H,33,37)(H,34,36);2*1H/t20-,25+,26-,27+;;/m0../s1. The molecule has 38 heavy (non-hydrogen) atoms. The number of likely N-dealkylation sites (N-methyl/N-ethyl adjacent to an activating group) is 1. The Labute approximate surface area is 229 Å². The van der Waals surface area contributed by atoms with Gasteiger partial charge in [-0.15, -0.1) is 0 Å². The van der Waals surface area contributed by atoms with Crippen LogP contribution in [-0.2, 0) is 33.8 Å². The van der Waals surface area contributed by atoms with Crippen molar-refractivity contribution in [2.24, 2.45) is 5.41 Å². The number of carbonyl (C=O) groups excluding carboxylic acids is 3. The quantitative estimate of drug-likeness (QED) is 0.533. The number of carbonyl (C=O) groups is 3. The second-order valence-corrected chi connectivity index (χ2v) is 11.9. The average Bonchev–Trinajstić information content (AvgIpc) is 2.89. The minimum atomic E-state index is -0.775. The van der Waals surface area contributed by atoms with E-state index in [4.69, 9.17) is 0 Å². The number of benzene rings is 2. The summed E-state index contributed by atoms with van der Waals surface area (Å²) in [6.45, 7) is 9.95. The summed E-state index contributed by atoms with van der Waals surface area (Å²) < 4.78 is 0. The highest BCUT2D eigenvalue weighted by Crippen LogP contribution is 2.32. The summed E-state index contributed by atoms with van der Waals surface area (Å²) in [5.74, 6) is -0.617. The summed E-state index contributed by atoms with van der Waals surface area (Å²) in [6, 6.07) is 12.6.